The molecular formula is C11H10ClFN2O3S2. The molecule has 20 heavy (non-hydrogen) atoms. The van der Waals surface area contributed by atoms with Crippen molar-refractivity contribution in [2.45, 2.75) is 11.5 Å². The monoisotopic (exact) mass is 336 g/mol. The third-order valence-corrected chi connectivity index (χ3v) is 5.00. The first-order valence-electron chi connectivity index (χ1n) is 5.33. The van der Waals surface area contributed by atoms with Crippen LogP contribution in [0.2, 0.25) is 5.02 Å². The van der Waals surface area contributed by atoms with Gasteiger partial charge in [-0.2, -0.15) is 0 Å². The molecule has 0 unspecified atom stereocenters. The van der Waals surface area contributed by atoms with E-state index in [0.29, 0.717) is 5.69 Å². The molecule has 0 amide bonds. The first-order chi connectivity index (χ1) is 9.42. The predicted octanol–water partition coefficient (Wildman–Crippen LogP) is 2.88. The summed E-state index contributed by atoms with van der Waals surface area (Å²) in [6.07, 6.45) is 0. The van der Waals surface area contributed by atoms with Crippen LogP contribution in [0.4, 0.5) is 9.52 Å². The van der Waals surface area contributed by atoms with Gasteiger partial charge in [0, 0.05) is 12.5 Å². The van der Waals surface area contributed by atoms with Gasteiger partial charge in [0.05, 0.1) is 17.3 Å². The minimum absolute atomic E-state index is 0.0624. The maximum atomic E-state index is 13.1. The quantitative estimate of drug-likeness (QED) is 0.911. The van der Waals surface area contributed by atoms with Crippen LogP contribution in [0.5, 0.6) is 0 Å². The topological polar surface area (TPSA) is 68.3 Å². The Morgan fingerprint density at radius 2 is 2.25 bits per heavy atom. The minimum atomic E-state index is -3.98. The largest absolute Gasteiger partial charge is 0.378 e. The number of ether oxygens (including phenoxy) is 1. The van der Waals surface area contributed by atoms with Crippen molar-refractivity contribution in [3.63, 3.8) is 0 Å². The summed E-state index contributed by atoms with van der Waals surface area (Å²) in [4.78, 5) is 3.70. The van der Waals surface area contributed by atoms with Gasteiger partial charge in [-0.05, 0) is 18.2 Å². The molecule has 2 rings (SSSR count). The van der Waals surface area contributed by atoms with Crippen LogP contribution in [0, 0.1) is 5.82 Å². The number of aromatic nitrogens is 1. The highest BCUT2D eigenvalue weighted by Crippen LogP contribution is 2.26. The number of rotatable bonds is 5. The number of nitrogens with one attached hydrogen (secondary N) is 1. The van der Waals surface area contributed by atoms with E-state index in [0.717, 1.165) is 23.5 Å². The van der Waals surface area contributed by atoms with Gasteiger partial charge >= 0.3 is 0 Å². The van der Waals surface area contributed by atoms with E-state index in [1.807, 2.05) is 0 Å². The number of thiazole rings is 1. The van der Waals surface area contributed by atoms with Crippen molar-refractivity contribution in [1.82, 2.24) is 4.98 Å². The molecule has 0 atom stereocenters. The molecule has 2 aromatic rings. The molecule has 1 heterocycles. The number of methoxy groups -OCH3 is 1. The van der Waals surface area contributed by atoms with Crippen molar-refractivity contribution in [1.29, 1.82) is 0 Å². The van der Waals surface area contributed by atoms with E-state index in [4.69, 9.17) is 16.3 Å². The van der Waals surface area contributed by atoms with Crippen LogP contribution in [0.3, 0.4) is 0 Å². The lowest BCUT2D eigenvalue weighted by Gasteiger charge is -2.07. The highest BCUT2D eigenvalue weighted by molar-refractivity contribution is 7.93. The highest BCUT2D eigenvalue weighted by atomic mass is 35.5. The summed E-state index contributed by atoms with van der Waals surface area (Å²) >= 11 is 6.88. The molecule has 0 saturated carbocycles. The van der Waals surface area contributed by atoms with Gasteiger partial charge in [-0.3, -0.25) is 4.72 Å². The summed E-state index contributed by atoms with van der Waals surface area (Å²) in [5.41, 5.74) is 0.598. The van der Waals surface area contributed by atoms with Crippen molar-refractivity contribution in [3.05, 3.63) is 40.1 Å². The zero-order valence-electron chi connectivity index (χ0n) is 10.3. The van der Waals surface area contributed by atoms with Gasteiger partial charge in [0.25, 0.3) is 10.0 Å². The lowest BCUT2D eigenvalue weighted by atomic mass is 10.3. The summed E-state index contributed by atoms with van der Waals surface area (Å²) in [6, 6.07) is 3.12. The average molecular weight is 337 g/mol. The van der Waals surface area contributed by atoms with Crippen LogP contribution in [-0.2, 0) is 21.4 Å². The molecule has 108 valence electrons. The first-order valence-corrected chi connectivity index (χ1v) is 8.07. The van der Waals surface area contributed by atoms with Gasteiger partial charge in [0.1, 0.15) is 10.7 Å². The van der Waals surface area contributed by atoms with E-state index in [-0.39, 0.29) is 21.7 Å². The summed E-state index contributed by atoms with van der Waals surface area (Å²) < 4.78 is 44.5. The highest BCUT2D eigenvalue weighted by Gasteiger charge is 2.20. The molecule has 0 fully saturated rings. The van der Waals surface area contributed by atoms with Gasteiger partial charge < -0.3 is 4.74 Å². The number of anilines is 1. The van der Waals surface area contributed by atoms with Crippen LogP contribution in [0.1, 0.15) is 5.69 Å². The lowest BCUT2D eigenvalue weighted by Crippen LogP contribution is -2.13. The predicted molar refractivity (Wildman–Crippen MR) is 75.0 cm³/mol. The van der Waals surface area contributed by atoms with Crippen molar-refractivity contribution < 1.29 is 17.5 Å². The molecule has 0 bridgehead atoms. The second kappa shape index (κ2) is 6.04. The van der Waals surface area contributed by atoms with Crippen molar-refractivity contribution in [2.75, 3.05) is 11.8 Å². The lowest BCUT2D eigenvalue weighted by molar-refractivity contribution is 0.182. The number of benzene rings is 1. The Balaban J connectivity index is 2.28. The second-order valence-corrected chi connectivity index (χ2v) is 6.67. The molecule has 0 spiro atoms. The van der Waals surface area contributed by atoms with E-state index in [2.05, 4.69) is 9.71 Å². The molecule has 0 aliphatic heterocycles. The standard InChI is InChI=1S/C11H10ClFN2O3S2/c1-18-5-8-6-19-11(14-8)15-20(16,17)10-4-7(13)2-3-9(10)12/h2-4,6H,5H2,1H3,(H,14,15). The normalized spacial score (nSPS) is 11.6. The Kier molecular flexibility index (Phi) is 4.59. The van der Waals surface area contributed by atoms with Crippen LogP contribution in [0.15, 0.2) is 28.5 Å². The maximum absolute atomic E-state index is 13.1. The number of halogens is 2. The molecule has 0 saturated heterocycles. The Morgan fingerprint density at radius 3 is 2.95 bits per heavy atom. The van der Waals surface area contributed by atoms with E-state index in [9.17, 15) is 12.8 Å². The van der Waals surface area contributed by atoms with Gasteiger partial charge in [-0.1, -0.05) is 11.6 Å². The third-order valence-electron chi connectivity index (χ3n) is 2.25. The van der Waals surface area contributed by atoms with E-state index in [1.165, 1.54) is 13.2 Å². The number of hydrogen-bond acceptors (Lipinski definition) is 5. The molecule has 1 N–H and O–H groups in total. The average Bonchev–Trinajstić information content (AvgIpc) is 2.79. The maximum Gasteiger partial charge on any atom is 0.265 e. The summed E-state index contributed by atoms with van der Waals surface area (Å²) in [7, 11) is -2.47. The van der Waals surface area contributed by atoms with Gasteiger partial charge in [0.15, 0.2) is 5.13 Å². The number of hydrogen-bond donors (Lipinski definition) is 1. The molecule has 5 nitrogen and oxygen atoms in total. The Bertz CT molecular complexity index is 718. The zero-order chi connectivity index (χ0) is 14.8. The Labute approximate surface area is 124 Å². The van der Waals surface area contributed by atoms with Crippen molar-refractivity contribution in [3.8, 4) is 0 Å². The Hall–Kier alpha value is -1.22. The molecule has 0 radical (unpaired) electrons. The molecule has 0 aliphatic carbocycles. The number of nitrogens with zero attached hydrogens (tertiary/aromatic N) is 1. The zero-order valence-corrected chi connectivity index (χ0v) is 12.6. The molecule has 1 aromatic heterocycles. The molecule has 1 aromatic carbocycles. The molecular weight excluding hydrogens is 327 g/mol. The first kappa shape index (κ1) is 15.2. The summed E-state index contributed by atoms with van der Waals surface area (Å²) in [5.74, 6) is -0.686. The third kappa shape index (κ3) is 3.45. The van der Waals surface area contributed by atoms with Gasteiger partial charge in [-0.15, -0.1) is 11.3 Å². The fraction of sp³-hybridized carbons (Fsp3) is 0.182. The van der Waals surface area contributed by atoms with E-state index in [1.54, 1.807) is 5.38 Å². The minimum Gasteiger partial charge on any atom is -0.378 e. The Morgan fingerprint density at radius 1 is 1.50 bits per heavy atom. The van der Waals surface area contributed by atoms with Gasteiger partial charge in [-0.25, -0.2) is 17.8 Å². The molecule has 9 heteroatoms. The smallest absolute Gasteiger partial charge is 0.265 e. The second-order valence-electron chi connectivity index (χ2n) is 3.76. The van der Waals surface area contributed by atoms with Crippen LogP contribution in [-0.4, -0.2) is 20.5 Å². The summed E-state index contributed by atoms with van der Waals surface area (Å²) in [5, 5.41) is 1.76. The van der Waals surface area contributed by atoms with Gasteiger partial charge in [0.2, 0.25) is 0 Å². The SMILES string of the molecule is COCc1csc(NS(=O)(=O)c2cc(F)ccc2Cl)n1. The van der Waals surface area contributed by atoms with E-state index >= 15 is 0 Å². The molecule has 0 aliphatic rings. The fourth-order valence-electron chi connectivity index (χ4n) is 1.42. The van der Waals surface area contributed by atoms with Crippen molar-refractivity contribution in [2.24, 2.45) is 0 Å². The number of sulfonamides is 1. The fourth-order valence-corrected chi connectivity index (χ4v) is 3.88. The van der Waals surface area contributed by atoms with Crippen LogP contribution >= 0.6 is 22.9 Å². The van der Waals surface area contributed by atoms with E-state index < -0.39 is 15.8 Å². The van der Waals surface area contributed by atoms with Crippen molar-refractivity contribution >= 4 is 38.1 Å². The van der Waals surface area contributed by atoms with Crippen LogP contribution in [0.25, 0.3) is 0 Å². The summed E-state index contributed by atoms with van der Waals surface area (Å²) in [6.45, 7) is 0.277. The van der Waals surface area contributed by atoms with Crippen LogP contribution < -0.4 is 4.72 Å².